The third kappa shape index (κ3) is 1.16. The summed E-state index contributed by atoms with van der Waals surface area (Å²) in [6.07, 6.45) is 1.52. The fourth-order valence-electron chi connectivity index (χ4n) is 1.57. The van der Waals surface area contributed by atoms with Crippen molar-refractivity contribution in [3.05, 3.63) is 24.4 Å². The molecule has 16 heavy (non-hydrogen) atoms. The molecule has 6 heteroatoms. The second-order valence-electron chi connectivity index (χ2n) is 3.39. The summed E-state index contributed by atoms with van der Waals surface area (Å²) in [5.74, 6) is 0.791. The first-order chi connectivity index (χ1) is 7.75. The summed E-state index contributed by atoms with van der Waals surface area (Å²) in [6.45, 7) is 1.70. The number of nitrogens with one attached hydrogen (secondary N) is 1. The lowest BCUT2D eigenvalue weighted by Gasteiger charge is -1.99. The van der Waals surface area contributed by atoms with Gasteiger partial charge >= 0.3 is 0 Å². The van der Waals surface area contributed by atoms with Crippen molar-refractivity contribution in [2.45, 2.75) is 6.92 Å². The van der Waals surface area contributed by atoms with Crippen LogP contribution >= 0.6 is 0 Å². The minimum Gasteiger partial charge on any atom is -0.505 e. The number of imidazole rings is 1. The lowest BCUT2D eigenvalue weighted by molar-refractivity contribution is 0.476. The van der Waals surface area contributed by atoms with Crippen molar-refractivity contribution >= 4 is 11.0 Å². The summed E-state index contributed by atoms with van der Waals surface area (Å²) in [7, 11) is 0. The van der Waals surface area contributed by atoms with Gasteiger partial charge in [-0.3, -0.25) is 0 Å². The molecular formula is C10H8N4O2. The molecule has 0 amide bonds. The van der Waals surface area contributed by atoms with Gasteiger partial charge in [0.15, 0.2) is 5.75 Å². The number of aromatic amines is 1. The van der Waals surface area contributed by atoms with Crippen molar-refractivity contribution in [3.63, 3.8) is 0 Å². The Morgan fingerprint density at radius 2 is 2.19 bits per heavy atom. The highest BCUT2D eigenvalue weighted by molar-refractivity contribution is 5.88. The molecule has 0 aliphatic rings. The van der Waals surface area contributed by atoms with E-state index in [4.69, 9.17) is 4.42 Å². The number of fused-ring (bicyclic) bond motifs is 1. The fourth-order valence-corrected chi connectivity index (χ4v) is 1.57. The van der Waals surface area contributed by atoms with Gasteiger partial charge in [0.25, 0.3) is 5.89 Å². The van der Waals surface area contributed by atoms with Crippen molar-refractivity contribution in [2.75, 3.05) is 0 Å². The smallest absolute Gasteiger partial charge is 0.251 e. The number of rotatable bonds is 1. The molecule has 0 saturated heterocycles. The molecule has 0 fully saturated rings. The van der Waals surface area contributed by atoms with Crippen LogP contribution < -0.4 is 0 Å². The van der Waals surface area contributed by atoms with Crippen molar-refractivity contribution < 1.29 is 9.52 Å². The number of nitrogens with zero attached hydrogens (tertiary/aromatic N) is 3. The molecule has 3 rings (SSSR count). The van der Waals surface area contributed by atoms with Crippen LogP contribution in [0.1, 0.15) is 5.89 Å². The molecule has 0 spiro atoms. The fraction of sp³-hybridized carbons (Fsp3) is 0.100. The van der Waals surface area contributed by atoms with Gasteiger partial charge in [0.05, 0.1) is 17.4 Å². The molecule has 2 aromatic heterocycles. The number of phenols is 1. The van der Waals surface area contributed by atoms with E-state index in [0.29, 0.717) is 22.9 Å². The number of aromatic nitrogens is 4. The van der Waals surface area contributed by atoms with Crippen molar-refractivity contribution in [1.29, 1.82) is 0 Å². The molecule has 80 valence electrons. The van der Waals surface area contributed by atoms with E-state index in [1.165, 1.54) is 6.33 Å². The summed E-state index contributed by atoms with van der Waals surface area (Å²) in [5.41, 5.74) is 1.74. The molecule has 6 nitrogen and oxygen atoms in total. The number of benzene rings is 1. The molecule has 1 aromatic carbocycles. The average Bonchev–Trinajstić information content (AvgIpc) is 2.87. The van der Waals surface area contributed by atoms with E-state index in [0.717, 1.165) is 5.52 Å². The number of aryl methyl sites for hydroxylation is 1. The first-order valence-electron chi connectivity index (χ1n) is 4.71. The summed E-state index contributed by atoms with van der Waals surface area (Å²) < 4.78 is 5.26. The molecule has 0 atom stereocenters. The maximum atomic E-state index is 9.99. The van der Waals surface area contributed by atoms with Crippen molar-refractivity contribution in [2.24, 2.45) is 0 Å². The number of hydrogen-bond acceptors (Lipinski definition) is 5. The maximum Gasteiger partial charge on any atom is 0.251 e. The van der Waals surface area contributed by atoms with E-state index in [9.17, 15) is 5.11 Å². The number of H-pyrrole nitrogens is 1. The highest BCUT2D eigenvalue weighted by Crippen LogP contribution is 2.33. The van der Waals surface area contributed by atoms with Crippen LogP contribution in [0.2, 0.25) is 0 Å². The third-order valence-corrected chi connectivity index (χ3v) is 2.32. The van der Waals surface area contributed by atoms with E-state index >= 15 is 0 Å². The lowest BCUT2D eigenvalue weighted by Crippen LogP contribution is -1.81. The third-order valence-electron chi connectivity index (χ3n) is 2.32. The highest BCUT2D eigenvalue weighted by Gasteiger charge is 2.14. The molecule has 2 N–H and O–H groups in total. The average molecular weight is 216 g/mol. The molecular weight excluding hydrogens is 208 g/mol. The van der Waals surface area contributed by atoms with Gasteiger partial charge in [-0.25, -0.2) is 4.98 Å². The standard InChI is InChI=1S/C10H8N4O2/c1-5-13-14-10(16-5)6-2-3-7-8(9(6)15)12-4-11-7/h2-4,15H,1H3,(H,11,12). The van der Waals surface area contributed by atoms with Crippen LogP contribution in [0.25, 0.3) is 22.5 Å². The zero-order valence-corrected chi connectivity index (χ0v) is 8.43. The summed E-state index contributed by atoms with van der Waals surface area (Å²) in [5, 5.41) is 17.6. The second-order valence-corrected chi connectivity index (χ2v) is 3.39. The van der Waals surface area contributed by atoms with E-state index in [1.807, 2.05) is 0 Å². The van der Waals surface area contributed by atoms with Gasteiger partial charge < -0.3 is 14.5 Å². The van der Waals surface area contributed by atoms with E-state index < -0.39 is 0 Å². The quantitative estimate of drug-likeness (QED) is 0.645. The Kier molecular flexibility index (Phi) is 1.70. The number of aromatic hydroxyl groups is 1. The zero-order chi connectivity index (χ0) is 11.1. The Balaban J connectivity index is 2.27. The Morgan fingerprint density at radius 3 is 2.94 bits per heavy atom. The van der Waals surface area contributed by atoms with Crippen LogP contribution in [0.4, 0.5) is 0 Å². The summed E-state index contributed by atoms with van der Waals surface area (Å²) in [4.78, 5) is 6.92. The van der Waals surface area contributed by atoms with Gasteiger partial charge in [-0.2, -0.15) is 0 Å². The molecule has 0 radical (unpaired) electrons. The van der Waals surface area contributed by atoms with E-state index in [-0.39, 0.29) is 5.75 Å². The van der Waals surface area contributed by atoms with Crippen LogP contribution in [0, 0.1) is 6.92 Å². The monoisotopic (exact) mass is 216 g/mol. The Labute approximate surface area is 90.0 Å². The summed E-state index contributed by atoms with van der Waals surface area (Å²) in [6, 6.07) is 3.51. The van der Waals surface area contributed by atoms with Crippen molar-refractivity contribution in [3.8, 4) is 17.2 Å². The molecule has 0 unspecified atom stereocenters. The predicted molar refractivity (Wildman–Crippen MR) is 55.8 cm³/mol. The van der Waals surface area contributed by atoms with Gasteiger partial charge in [0.1, 0.15) is 5.52 Å². The van der Waals surface area contributed by atoms with E-state index in [2.05, 4.69) is 20.2 Å². The largest absolute Gasteiger partial charge is 0.505 e. The zero-order valence-electron chi connectivity index (χ0n) is 8.43. The first-order valence-corrected chi connectivity index (χ1v) is 4.71. The highest BCUT2D eigenvalue weighted by atomic mass is 16.4. The van der Waals surface area contributed by atoms with Crippen LogP contribution in [0.3, 0.4) is 0 Å². The minimum absolute atomic E-state index is 0.0439. The van der Waals surface area contributed by atoms with Crippen molar-refractivity contribution in [1.82, 2.24) is 20.2 Å². The number of phenolic OH excluding ortho intramolecular Hbond substituents is 1. The van der Waals surface area contributed by atoms with E-state index in [1.54, 1.807) is 19.1 Å². The van der Waals surface area contributed by atoms with Gasteiger partial charge in [0, 0.05) is 6.92 Å². The normalized spacial score (nSPS) is 11.1. The topological polar surface area (TPSA) is 87.8 Å². The SMILES string of the molecule is Cc1nnc(-c2ccc3[nH]cnc3c2O)o1. The lowest BCUT2D eigenvalue weighted by atomic mass is 10.1. The second kappa shape index (κ2) is 3.06. The van der Waals surface area contributed by atoms with Crippen LogP contribution in [0.5, 0.6) is 5.75 Å². The molecule has 3 aromatic rings. The molecule has 0 aliphatic carbocycles. The first kappa shape index (κ1) is 8.90. The van der Waals surface area contributed by atoms with Crippen LogP contribution in [-0.4, -0.2) is 25.3 Å². The Hall–Kier alpha value is -2.37. The minimum atomic E-state index is 0.0439. The number of hydrogen-bond donors (Lipinski definition) is 2. The maximum absolute atomic E-state index is 9.99. The van der Waals surface area contributed by atoms with Gasteiger partial charge in [-0.05, 0) is 12.1 Å². The molecule has 2 heterocycles. The van der Waals surface area contributed by atoms with Gasteiger partial charge in [0.2, 0.25) is 5.89 Å². The molecule has 0 bridgehead atoms. The molecule has 0 aliphatic heterocycles. The van der Waals surface area contributed by atoms with Crippen LogP contribution in [0.15, 0.2) is 22.9 Å². The Bertz CT molecular complexity index is 656. The van der Waals surface area contributed by atoms with Gasteiger partial charge in [-0.1, -0.05) is 0 Å². The Morgan fingerprint density at radius 1 is 1.31 bits per heavy atom. The van der Waals surface area contributed by atoms with Crippen LogP contribution in [-0.2, 0) is 0 Å². The molecule has 0 saturated carbocycles. The predicted octanol–water partition coefficient (Wildman–Crippen LogP) is 1.63. The van der Waals surface area contributed by atoms with Gasteiger partial charge in [-0.15, -0.1) is 10.2 Å². The summed E-state index contributed by atoms with van der Waals surface area (Å²) >= 11 is 0.